The Balaban J connectivity index is 0.00000363. The molecule has 1 amide bonds. The number of hydrogen-bond acceptors (Lipinski definition) is 10. The van der Waals surface area contributed by atoms with E-state index in [1.54, 1.807) is 24.3 Å². The lowest BCUT2D eigenvalue weighted by atomic mass is 10.1. The molecule has 3 N–H and O–H groups in total. The van der Waals surface area contributed by atoms with Crippen LogP contribution in [0.2, 0.25) is 0 Å². The molecular weight excluding hydrogens is 448 g/mol. The molecule has 0 aliphatic heterocycles. The minimum atomic E-state index is -4.36. The van der Waals surface area contributed by atoms with Gasteiger partial charge in [0.1, 0.15) is 4.90 Å². The molecule has 0 aliphatic carbocycles. The van der Waals surface area contributed by atoms with Gasteiger partial charge in [-0.2, -0.15) is 8.42 Å². The number of carbonyl (C=O) groups is 2. The average molecular weight is 468 g/mol. The summed E-state index contributed by atoms with van der Waals surface area (Å²) in [6.45, 7) is 0.122. The summed E-state index contributed by atoms with van der Waals surface area (Å²) in [5, 5.41) is 28.1. The van der Waals surface area contributed by atoms with Gasteiger partial charge in [-0.3, -0.25) is 9.35 Å². The summed E-state index contributed by atoms with van der Waals surface area (Å²) in [5.41, 5.74) is 0.646. The zero-order valence-corrected chi connectivity index (χ0v) is 17.5. The molecule has 2 aromatic carbocycles. The van der Waals surface area contributed by atoms with Crippen LogP contribution in [0.5, 0.6) is 0 Å². The fraction of sp³-hybridized carbons (Fsp3) is 0.235. The fourth-order valence-electron chi connectivity index (χ4n) is 2.76. The SMILES string of the molecule is O=C([O-])Cn1nnnc1SCC(=O)NCCNc1cccc2c(S(=O)(=O)O)cccc12.[HH]. The predicted octanol–water partition coefficient (Wildman–Crippen LogP) is -0.611. The Hall–Kier alpha value is -3.23. The van der Waals surface area contributed by atoms with Gasteiger partial charge in [0, 0.05) is 31.0 Å². The summed E-state index contributed by atoms with van der Waals surface area (Å²) in [6.07, 6.45) is 0. The van der Waals surface area contributed by atoms with Gasteiger partial charge in [0.25, 0.3) is 10.1 Å². The number of carboxylic acids is 1. The first-order chi connectivity index (χ1) is 14.8. The topological polar surface area (TPSA) is 179 Å². The molecule has 0 aliphatic rings. The van der Waals surface area contributed by atoms with Crippen molar-refractivity contribution in [3.8, 4) is 0 Å². The van der Waals surface area contributed by atoms with Gasteiger partial charge in [-0.05, 0) is 22.6 Å². The van der Waals surface area contributed by atoms with Crippen LogP contribution in [-0.4, -0.2) is 63.9 Å². The number of nitrogens with one attached hydrogen (secondary N) is 2. The number of rotatable bonds is 10. The van der Waals surface area contributed by atoms with E-state index in [0.717, 1.165) is 16.4 Å². The summed E-state index contributed by atoms with van der Waals surface area (Å²) >= 11 is 0.987. The molecule has 0 radical (unpaired) electrons. The second-order valence-electron chi connectivity index (χ2n) is 6.19. The molecule has 3 rings (SSSR count). The Morgan fingerprint density at radius 3 is 2.65 bits per heavy atom. The van der Waals surface area contributed by atoms with Crippen LogP contribution in [0, 0.1) is 0 Å². The Bertz CT molecular complexity index is 1220. The zero-order valence-electron chi connectivity index (χ0n) is 15.9. The summed E-state index contributed by atoms with van der Waals surface area (Å²) < 4.78 is 33.5. The second-order valence-corrected chi connectivity index (χ2v) is 8.52. The third-order valence-corrected chi connectivity index (χ3v) is 5.90. The number of thioether (sulfide) groups is 1. The molecule has 0 fully saturated rings. The Morgan fingerprint density at radius 2 is 1.90 bits per heavy atom. The van der Waals surface area contributed by atoms with Crippen molar-refractivity contribution in [3.63, 3.8) is 0 Å². The van der Waals surface area contributed by atoms with Crippen LogP contribution in [0.1, 0.15) is 1.43 Å². The standard InChI is InChI=1S/C17H18N6O6S2.H2/c24-15(10-30-17-20-21-22-23(17)9-16(25)26)19-8-7-18-13-5-1-4-12-11(13)3-2-6-14(12)31(27,28)29;/h1-6,18H,7-10H2,(H,19,24)(H,25,26)(H,27,28,29);1H/p-1. The average Bonchev–Trinajstić information content (AvgIpc) is 3.14. The molecule has 0 spiro atoms. The molecule has 0 unspecified atom stereocenters. The van der Waals surface area contributed by atoms with Crippen molar-refractivity contribution in [2.45, 2.75) is 16.6 Å². The van der Waals surface area contributed by atoms with E-state index in [2.05, 4.69) is 26.2 Å². The molecule has 0 saturated carbocycles. The van der Waals surface area contributed by atoms with E-state index >= 15 is 0 Å². The van der Waals surface area contributed by atoms with E-state index in [1.165, 1.54) is 12.1 Å². The van der Waals surface area contributed by atoms with E-state index in [4.69, 9.17) is 0 Å². The Morgan fingerprint density at radius 1 is 1.16 bits per heavy atom. The van der Waals surface area contributed by atoms with E-state index in [9.17, 15) is 27.7 Å². The lowest BCUT2D eigenvalue weighted by Gasteiger charge is -2.12. The van der Waals surface area contributed by atoms with Crippen molar-refractivity contribution in [1.29, 1.82) is 0 Å². The number of aromatic nitrogens is 4. The summed E-state index contributed by atoms with van der Waals surface area (Å²) in [5.74, 6) is -1.66. The largest absolute Gasteiger partial charge is 0.548 e. The number of amides is 1. The Labute approximate surface area is 182 Å². The first kappa shape index (κ1) is 22.5. The fourth-order valence-corrected chi connectivity index (χ4v) is 4.17. The highest BCUT2D eigenvalue weighted by Gasteiger charge is 2.15. The maximum atomic E-state index is 12.0. The molecule has 14 heteroatoms. The molecule has 3 aromatic rings. The van der Waals surface area contributed by atoms with Gasteiger partial charge in [-0.25, -0.2) is 4.68 Å². The smallest absolute Gasteiger partial charge is 0.295 e. The van der Waals surface area contributed by atoms with Crippen LogP contribution in [0.3, 0.4) is 0 Å². The third kappa shape index (κ3) is 5.90. The quantitative estimate of drug-likeness (QED) is 0.197. The van der Waals surface area contributed by atoms with Gasteiger partial charge >= 0.3 is 0 Å². The zero-order chi connectivity index (χ0) is 22.4. The summed E-state index contributed by atoms with van der Waals surface area (Å²) in [6, 6.07) is 9.58. The van der Waals surface area contributed by atoms with E-state index in [-0.39, 0.29) is 29.7 Å². The van der Waals surface area contributed by atoms with Crippen molar-refractivity contribution in [3.05, 3.63) is 36.4 Å². The number of aliphatic carboxylic acids is 1. The van der Waals surface area contributed by atoms with Crippen molar-refractivity contribution in [2.24, 2.45) is 0 Å². The van der Waals surface area contributed by atoms with E-state index in [0.29, 0.717) is 23.0 Å². The number of tetrazole rings is 1. The van der Waals surface area contributed by atoms with Gasteiger partial charge in [0.15, 0.2) is 0 Å². The van der Waals surface area contributed by atoms with Crippen LogP contribution in [0.25, 0.3) is 10.8 Å². The number of hydrogen-bond donors (Lipinski definition) is 3. The van der Waals surface area contributed by atoms with Gasteiger partial charge in [-0.1, -0.05) is 36.0 Å². The number of nitrogens with zero attached hydrogens (tertiary/aromatic N) is 4. The lowest BCUT2D eigenvalue weighted by molar-refractivity contribution is -0.306. The summed E-state index contributed by atoms with van der Waals surface area (Å²) in [4.78, 5) is 22.4. The normalized spacial score (nSPS) is 11.4. The predicted molar refractivity (Wildman–Crippen MR) is 111 cm³/mol. The molecule has 1 heterocycles. The van der Waals surface area contributed by atoms with Crippen molar-refractivity contribution >= 4 is 50.2 Å². The van der Waals surface area contributed by atoms with Crippen LogP contribution in [0.4, 0.5) is 5.69 Å². The van der Waals surface area contributed by atoms with Gasteiger partial charge in [0.05, 0.1) is 18.3 Å². The monoisotopic (exact) mass is 467 g/mol. The summed E-state index contributed by atoms with van der Waals surface area (Å²) in [7, 11) is -4.36. The van der Waals surface area contributed by atoms with Gasteiger partial charge in [0.2, 0.25) is 11.1 Å². The minimum Gasteiger partial charge on any atom is -0.548 e. The van der Waals surface area contributed by atoms with Crippen LogP contribution >= 0.6 is 11.8 Å². The van der Waals surface area contributed by atoms with Crippen LogP contribution in [-0.2, 0) is 26.3 Å². The molecule has 31 heavy (non-hydrogen) atoms. The highest BCUT2D eigenvalue weighted by Crippen LogP contribution is 2.28. The minimum absolute atomic E-state index is 0. The van der Waals surface area contributed by atoms with Crippen molar-refractivity contribution in [1.82, 2.24) is 25.5 Å². The molecule has 0 saturated heterocycles. The molecule has 166 valence electrons. The molecular formula is C17H19N6O6S2-. The maximum Gasteiger partial charge on any atom is 0.295 e. The molecule has 12 nitrogen and oxygen atoms in total. The second kappa shape index (κ2) is 9.72. The lowest BCUT2D eigenvalue weighted by Crippen LogP contribution is -2.30. The Kier molecular flexibility index (Phi) is 7.04. The number of anilines is 1. The van der Waals surface area contributed by atoms with E-state index < -0.39 is 22.6 Å². The van der Waals surface area contributed by atoms with Crippen molar-refractivity contribution in [2.75, 3.05) is 24.2 Å². The molecule has 0 atom stereocenters. The van der Waals surface area contributed by atoms with Crippen molar-refractivity contribution < 1.29 is 29.1 Å². The maximum absolute atomic E-state index is 12.0. The van der Waals surface area contributed by atoms with E-state index in [1.807, 2.05) is 0 Å². The highest BCUT2D eigenvalue weighted by molar-refractivity contribution is 7.99. The van der Waals surface area contributed by atoms with Crippen LogP contribution in [0.15, 0.2) is 46.5 Å². The van der Waals surface area contributed by atoms with Crippen LogP contribution < -0.4 is 15.7 Å². The number of benzene rings is 2. The number of carbonyl (C=O) groups excluding carboxylic acids is 2. The first-order valence-electron chi connectivity index (χ1n) is 8.84. The number of carboxylic acid groups (broad SMARTS) is 1. The molecule has 0 bridgehead atoms. The van der Waals surface area contributed by atoms with Gasteiger partial charge in [-0.15, -0.1) is 5.10 Å². The molecule has 1 aromatic heterocycles. The van der Waals surface area contributed by atoms with Gasteiger partial charge < -0.3 is 20.5 Å². The number of fused-ring (bicyclic) bond motifs is 1. The highest BCUT2D eigenvalue weighted by atomic mass is 32.2. The third-order valence-electron chi connectivity index (χ3n) is 4.03. The first-order valence-corrected chi connectivity index (χ1v) is 11.3.